The van der Waals surface area contributed by atoms with Gasteiger partial charge in [0.2, 0.25) is 0 Å². The van der Waals surface area contributed by atoms with Crippen molar-refractivity contribution < 1.29 is 14.0 Å². The molecule has 0 radical (unpaired) electrons. The minimum absolute atomic E-state index is 0.0773. The second-order valence-corrected chi connectivity index (χ2v) is 4.18. The van der Waals surface area contributed by atoms with Crippen LogP contribution in [-0.4, -0.2) is 20.2 Å². The molecule has 0 aliphatic heterocycles. The first-order chi connectivity index (χ1) is 9.72. The van der Waals surface area contributed by atoms with Crippen molar-refractivity contribution in [3.63, 3.8) is 0 Å². The second kappa shape index (κ2) is 5.08. The summed E-state index contributed by atoms with van der Waals surface area (Å²) in [7, 11) is 0. The van der Waals surface area contributed by atoms with E-state index in [0.717, 1.165) is 11.8 Å². The Morgan fingerprint density at radius 1 is 1.20 bits per heavy atom. The molecule has 2 heterocycles. The fourth-order valence-electron chi connectivity index (χ4n) is 1.78. The molecule has 0 spiro atoms. The van der Waals surface area contributed by atoms with E-state index >= 15 is 0 Å². The Morgan fingerprint density at radius 2 is 2.10 bits per heavy atom. The number of phenolic OH excluding ortho intramolecular Hbond substituents is 1. The molecule has 6 heteroatoms. The summed E-state index contributed by atoms with van der Waals surface area (Å²) in [5.41, 5.74) is 0.952. The molecule has 0 amide bonds. The van der Waals surface area contributed by atoms with Crippen LogP contribution >= 0.6 is 0 Å². The van der Waals surface area contributed by atoms with Crippen LogP contribution in [-0.2, 0) is 6.42 Å². The van der Waals surface area contributed by atoms with E-state index in [-0.39, 0.29) is 17.2 Å². The highest BCUT2D eigenvalue weighted by Crippen LogP contribution is 2.24. The first kappa shape index (κ1) is 12.3. The summed E-state index contributed by atoms with van der Waals surface area (Å²) in [6.45, 7) is 0. The Morgan fingerprint density at radius 3 is 2.85 bits per heavy atom. The number of pyridine rings is 1. The Hall–Kier alpha value is -2.76. The quantitative estimate of drug-likeness (QED) is 0.792. The standard InChI is InChI=1S/C14H10FN3O2/c15-12-8-10(19)4-5-11(12)14-17-13(18-20-14)7-9-3-1-2-6-16-9/h1-6,8,19H,7H2. The molecule has 0 saturated heterocycles. The molecule has 0 bridgehead atoms. The summed E-state index contributed by atoms with van der Waals surface area (Å²) < 4.78 is 18.7. The van der Waals surface area contributed by atoms with Gasteiger partial charge in [0.25, 0.3) is 5.89 Å². The minimum Gasteiger partial charge on any atom is -0.508 e. The van der Waals surface area contributed by atoms with Gasteiger partial charge in [0, 0.05) is 18.0 Å². The SMILES string of the molecule is Oc1ccc(-c2nc(Cc3ccccn3)no2)c(F)c1. The normalized spacial score (nSPS) is 10.7. The van der Waals surface area contributed by atoms with E-state index in [1.165, 1.54) is 12.1 Å². The van der Waals surface area contributed by atoms with Gasteiger partial charge in [-0.05, 0) is 24.3 Å². The van der Waals surface area contributed by atoms with E-state index in [2.05, 4.69) is 15.1 Å². The molecule has 0 saturated carbocycles. The molecule has 1 aromatic carbocycles. The van der Waals surface area contributed by atoms with Crippen LogP contribution in [0, 0.1) is 5.82 Å². The molecule has 20 heavy (non-hydrogen) atoms. The number of phenols is 1. The lowest BCUT2D eigenvalue weighted by molar-refractivity contribution is 0.420. The lowest BCUT2D eigenvalue weighted by atomic mass is 10.2. The van der Waals surface area contributed by atoms with Gasteiger partial charge in [-0.2, -0.15) is 4.98 Å². The van der Waals surface area contributed by atoms with Crippen molar-refractivity contribution in [3.8, 4) is 17.2 Å². The van der Waals surface area contributed by atoms with Gasteiger partial charge in [0.05, 0.1) is 12.0 Å². The van der Waals surface area contributed by atoms with Gasteiger partial charge in [-0.15, -0.1) is 0 Å². The van der Waals surface area contributed by atoms with Crippen LogP contribution in [0.2, 0.25) is 0 Å². The van der Waals surface area contributed by atoms with E-state index < -0.39 is 5.82 Å². The molecule has 0 fully saturated rings. The number of benzene rings is 1. The minimum atomic E-state index is -0.613. The largest absolute Gasteiger partial charge is 0.508 e. The zero-order chi connectivity index (χ0) is 13.9. The van der Waals surface area contributed by atoms with Crippen molar-refractivity contribution in [3.05, 3.63) is 59.9 Å². The van der Waals surface area contributed by atoms with Gasteiger partial charge < -0.3 is 9.63 Å². The topological polar surface area (TPSA) is 72.0 Å². The van der Waals surface area contributed by atoms with Crippen molar-refractivity contribution in [1.82, 2.24) is 15.1 Å². The first-order valence-electron chi connectivity index (χ1n) is 5.94. The summed E-state index contributed by atoms with van der Waals surface area (Å²) in [5.74, 6) is -0.267. The Balaban J connectivity index is 1.87. The fourth-order valence-corrected chi connectivity index (χ4v) is 1.78. The Kier molecular flexibility index (Phi) is 3.12. The van der Waals surface area contributed by atoms with Crippen LogP contribution in [0.3, 0.4) is 0 Å². The zero-order valence-electron chi connectivity index (χ0n) is 10.3. The molecule has 5 nitrogen and oxygen atoms in total. The molecule has 3 aromatic rings. The van der Waals surface area contributed by atoms with Crippen molar-refractivity contribution in [2.45, 2.75) is 6.42 Å². The van der Waals surface area contributed by atoms with Crippen LogP contribution < -0.4 is 0 Å². The summed E-state index contributed by atoms with van der Waals surface area (Å²) in [6, 6.07) is 9.28. The molecule has 0 atom stereocenters. The third kappa shape index (κ3) is 2.49. The van der Waals surface area contributed by atoms with Gasteiger partial charge in [-0.3, -0.25) is 4.98 Å². The third-order valence-electron chi connectivity index (χ3n) is 2.72. The maximum atomic E-state index is 13.7. The highest BCUT2D eigenvalue weighted by molar-refractivity contribution is 5.55. The molecule has 2 aromatic heterocycles. The predicted octanol–water partition coefficient (Wildman–Crippen LogP) is 2.57. The van der Waals surface area contributed by atoms with Crippen LogP contribution in [0.1, 0.15) is 11.5 Å². The van der Waals surface area contributed by atoms with Crippen LogP contribution in [0.15, 0.2) is 47.1 Å². The molecule has 0 unspecified atom stereocenters. The van der Waals surface area contributed by atoms with Gasteiger partial charge in [0.1, 0.15) is 11.6 Å². The van der Waals surface area contributed by atoms with Crippen molar-refractivity contribution in [2.24, 2.45) is 0 Å². The fraction of sp³-hybridized carbons (Fsp3) is 0.0714. The highest BCUT2D eigenvalue weighted by Gasteiger charge is 2.14. The van der Waals surface area contributed by atoms with E-state index in [4.69, 9.17) is 9.63 Å². The van der Waals surface area contributed by atoms with Crippen molar-refractivity contribution >= 4 is 0 Å². The van der Waals surface area contributed by atoms with Gasteiger partial charge in [-0.25, -0.2) is 4.39 Å². The molecule has 3 rings (SSSR count). The zero-order valence-corrected chi connectivity index (χ0v) is 10.3. The predicted molar refractivity (Wildman–Crippen MR) is 68.4 cm³/mol. The van der Waals surface area contributed by atoms with Gasteiger partial charge in [0.15, 0.2) is 5.82 Å². The number of hydrogen-bond donors (Lipinski definition) is 1. The second-order valence-electron chi connectivity index (χ2n) is 4.18. The highest BCUT2D eigenvalue weighted by atomic mass is 19.1. The Bertz CT molecular complexity index is 728. The van der Waals surface area contributed by atoms with Crippen molar-refractivity contribution in [1.29, 1.82) is 0 Å². The maximum absolute atomic E-state index is 13.7. The number of aromatic nitrogens is 3. The average molecular weight is 271 g/mol. The number of hydrogen-bond acceptors (Lipinski definition) is 5. The van der Waals surface area contributed by atoms with E-state index in [1.807, 2.05) is 18.2 Å². The average Bonchev–Trinajstić information content (AvgIpc) is 2.88. The number of aromatic hydroxyl groups is 1. The van der Waals surface area contributed by atoms with Crippen LogP contribution in [0.5, 0.6) is 5.75 Å². The summed E-state index contributed by atoms with van der Waals surface area (Å²) >= 11 is 0. The number of rotatable bonds is 3. The summed E-state index contributed by atoms with van der Waals surface area (Å²) in [6.07, 6.45) is 2.08. The van der Waals surface area contributed by atoms with Gasteiger partial charge >= 0.3 is 0 Å². The smallest absolute Gasteiger partial charge is 0.260 e. The van der Waals surface area contributed by atoms with Crippen molar-refractivity contribution in [2.75, 3.05) is 0 Å². The monoisotopic (exact) mass is 271 g/mol. The summed E-state index contributed by atoms with van der Waals surface area (Å²) in [4.78, 5) is 8.28. The van der Waals surface area contributed by atoms with Crippen LogP contribution in [0.4, 0.5) is 4.39 Å². The number of nitrogens with zero attached hydrogens (tertiary/aromatic N) is 3. The maximum Gasteiger partial charge on any atom is 0.260 e. The Labute approximate surface area is 113 Å². The van der Waals surface area contributed by atoms with Crippen LogP contribution in [0.25, 0.3) is 11.5 Å². The summed E-state index contributed by atoms with van der Waals surface area (Å²) in [5, 5.41) is 13.0. The lowest BCUT2D eigenvalue weighted by Gasteiger charge is -1.97. The third-order valence-corrected chi connectivity index (χ3v) is 2.72. The molecule has 0 aliphatic rings. The molecule has 1 N–H and O–H groups in total. The molecule has 100 valence electrons. The lowest BCUT2D eigenvalue weighted by Crippen LogP contribution is -1.93. The molecular formula is C14H10FN3O2. The molecular weight excluding hydrogens is 261 g/mol. The van der Waals surface area contributed by atoms with E-state index in [1.54, 1.807) is 6.20 Å². The van der Waals surface area contributed by atoms with E-state index in [9.17, 15) is 4.39 Å². The first-order valence-corrected chi connectivity index (χ1v) is 5.94. The van der Waals surface area contributed by atoms with Gasteiger partial charge in [-0.1, -0.05) is 11.2 Å². The van der Waals surface area contributed by atoms with E-state index in [0.29, 0.717) is 12.2 Å². The molecule has 0 aliphatic carbocycles. The number of halogens is 1.